The minimum Gasteiger partial charge on any atom is -0.397 e. The van der Waals surface area contributed by atoms with E-state index in [1.807, 2.05) is 13.8 Å². The zero-order valence-corrected chi connectivity index (χ0v) is 10.9. The Bertz CT molecular complexity index is 371. The van der Waals surface area contributed by atoms with Crippen molar-refractivity contribution in [2.75, 3.05) is 17.7 Å². The second-order valence-corrected chi connectivity index (χ2v) is 4.89. The Labute approximate surface area is 103 Å². The van der Waals surface area contributed by atoms with Crippen molar-refractivity contribution in [1.29, 1.82) is 0 Å². The van der Waals surface area contributed by atoms with E-state index in [1.165, 1.54) is 6.07 Å². The monoisotopic (exact) mass is 290 g/mol. The average Bonchev–Trinajstić information content (AvgIpc) is 2.21. The molecule has 4 N–H and O–H groups in total. The smallest absolute Gasteiger partial charge is 0.139 e. The van der Waals surface area contributed by atoms with Crippen molar-refractivity contribution >= 4 is 27.3 Å². The molecule has 0 saturated carbocycles. The topological polar surface area (TPSA) is 58.3 Å². The first-order valence-corrected chi connectivity index (χ1v) is 5.87. The molecule has 0 bridgehead atoms. The van der Waals surface area contributed by atoms with E-state index in [4.69, 9.17) is 5.73 Å². The molecule has 1 aromatic rings. The first-order chi connectivity index (χ1) is 7.45. The highest BCUT2D eigenvalue weighted by atomic mass is 79.9. The third-order valence-electron chi connectivity index (χ3n) is 2.43. The summed E-state index contributed by atoms with van der Waals surface area (Å²) in [6.07, 6.45) is 0. The van der Waals surface area contributed by atoms with Crippen LogP contribution in [0.25, 0.3) is 0 Å². The summed E-state index contributed by atoms with van der Waals surface area (Å²) in [5.74, 6) is -0.138. The summed E-state index contributed by atoms with van der Waals surface area (Å²) in [7, 11) is 0. The number of halogens is 2. The summed E-state index contributed by atoms with van der Waals surface area (Å²) in [6, 6.07) is 2.73. The Kier molecular flexibility index (Phi) is 4.56. The number of nitrogens with two attached hydrogens (primary N) is 1. The lowest BCUT2D eigenvalue weighted by Gasteiger charge is -2.22. The second-order valence-electron chi connectivity index (χ2n) is 4.03. The lowest BCUT2D eigenvalue weighted by molar-refractivity contribution is 0.249. The van der Waals surface area contributed by atoms with E-state index in [-0.39, 0.29) is 18.6 Å². The molecule has 90 valence electrons. The van der Waals surface area contributed by atoms with E-state index in [1.54, 1.807) is 6.07 Å². The van der Waals surface area contributed by atoms with Crippen LogP contribution in [0.1, 0.15) is 13.8 Å². The van der Waals surface area contributed by atoms with Crippen molar-refractivity contribution < 1.29 is 9.50 Å². The number of hydrogen-bond acceptors (Lipinski definition) is 3. The summed E-state index contributed by atoms with van der Waals surface area (Å²) >= 11 is 3.10. The van der Waals surface area contributed by atoms with E-state index in [2.05, 4.69) is 21.2 Å². The van der Waals surface area contributed by atoms with Crippen LogP contribution in [0.3, 0.4) is 0 Å². The van der Waals surface area contributed by atoms with Gasteiger partial charge in [0.2, 0.25) is 0 Å². The van der Waals surface area contributed by atoms with Crippen LogP contribution >= 0.6 is 15.9 Å². The van der Waals surface area contributed by atoms with Crippen LogP contribution in [0.2, 0.25) is 0 Å². The normalized spacial score (nSPS) is 12.9. The lowest BCUT2D eigenvalue weighted by Crippen LogP contribution is -2.29. The molecule has 0 radical (unpaired) electrons. The lowest BCUT2D eigenvalue weighted by atomic mass is 10.0. The number of rotatable bonds is 4. The highest BCUT2D eigenvalue weighted by Crippen LogP contribution is 2.27. The Hall–Kier alpha value is -0.810. The number of benzene rings is 1. The fourth-order valence-electron chi connectivity index (χ4n) is 1.31. The molecule has 0 aliphatic rings. The molecule has 0 heterocycles. The number of aliphatic hydroxyl groups excluding tert-OH is 1. The van der Waals surface area contributed by atoms with Gasteiger partial charge in [0.15, 0.2) is 0 Å². The van der Waals surface area contributed by atoms with Crippen LogP contribution < -0.4 is 11.1 Å². The Morgan fingerprint density at radius 1 is 1.50 bits per heavy atom. The van der Waals surface area contributed by atoms with Crippen LogP contribution in [-0.2, 0) is 0 Å². The van der Waals surface area contributed by atoms with Crippen molar-refractivity contribution in [3.63, 3.8) is 0 Å². The van der Waals surface area contributed by atoms with Gasteiger partial charge < -0.3 is 16.2 Å². The molecule has 0 amide bonds. The van der Waals surface area contributed by atoms with Crippen LogP contribution in [0.15, 0.2) is 16.6 Å². The molecule has 1 rings (SSSR count). The maximum absolute atomic E-state index is 13.1. The summed E-state index contributed by atoms with van der Waals surface area (Å²) in [5.41, 5.74) is 6.65. The zero-order chi connectivity index (χ0) is 12.3. The first-order valence-electron chi connectivity index (χ1n) is 5.07. The SMILES string of the molecule is CC(C)[C@@H](CO)Nc1cc(Br)c(F)cc1N. The summed E-state index contributed by atoms with van der Waals surface area (Å²) in [4.78, 5) is 0. The van der Waals surface area contributed by atoms with E-state index in [0.29, 0.717) is 15.8 Å². The molecule has 5 heteroatoms. The van der Waals surface area contributed by atoms with Gasteiger partial charge in [0, 0.05) is 6.07 Å². The Morgan fingerprint density at radius 2 is 2.12 bits per heavy atom. The highest BCUT2D eigenvalue weighted by molar-refractivity contribution is 9.10. The number of aliphatic hydroxyl groups is 1. The molecule has 0 aliphatic carbocycles. The fraction of sp³-hybridized carbons (Fsp3) is 0.455. The van der Waals surface area contributed by atoms with E-state index in [0.717, 1.165) is 0 Å². The van der Waals surface area contributed by atoms with Crippen molar-refractivity contribution in [3.8, 4) is 0 Å². The molecule has 1 atom stereocenters. The summed E-state index contributed by atoms with van der Waals surface area (Å²) < 4.78 is 13.5. The molecule has 3 nitrogen and oxygen atoms in total. The van der Waals surface area contributed by atoms with Gasteiger partial charge >= 0.3 is 0 Å². The number of hydrogen-bond donors (Lipinski definition) is 3. The van der Waals surface area contributed by atoms with Gasteiger partial charge in [-0.25, -0.2) is 4.39 Å². The van der Waals surface area contributed by atoms with Crippen LogP contribution in [-0.4, -0.2) is 17.8 Å². The molecule has 0 unspecified atom stereocenters. The molecular formula is C11H16BrFN2O. The quantitative estimate of drug-likeness (QED) is 0.747. The highest BCUT2D eigenvalue weighted by Gasteiger charge is 2.14. The predicted molar refractivity (Wildman–Crippen MR) is 67.8 cm³/mol. The number of anilines is 2. The van der Waals surface area contributed by atoms with Gasteiger partial charge in [-0.05, 0) is 27.9 Å². The summed E-state index contributed by atoms with van der Waals surface area (Å²) in [5, 5.41) is 12.3. The third-order valence-corrected chi connectivity index (χ3v) is 3.04. The van der Waals surface area contributed by atoms with Gasteiger partial charge in [-0.3, -0.25) is 0 Å². The van der Waals surface area contributed by atoms with Gasteiger partial charge in [0.25, 0.3) is 0 Å². The largest absolute Gasteiger partial charge is 0.397 e. The minimum atomic E-state index is -0.395. The third kappa shape index (κ3) is 3.09. The first kappa shape index (κ1) is 13.3. The summed E-state index contributed by atoms with van der Waals surface area (Å²) in [6.45, 7) is 3.98. The molecule has 0 saturated heterocycles. The Balaban J connectivity index is 2.92. The molecule has 1 aromatic carbocycles. The van der Waals surface area contributed by atoms with E-state index < -0.39 is 5.82 Å². The van der Waals surface area contributed by atoms with Crippen molar-refractivity contribution in [1.82, 2.24) is 0 Å². The molecular weight excluding hydrogens is 275 g/mol. The van der Waals surface area contributed by atoms with Gasteiger partial charge in [0.05, 0.1) is 28.5 Å². The van der Waals surface area contributed by atoms with Gasteiger partial charge in [-0.1, -0.05) is 13.8 Å². The van der Waals surface area contributed by atoms with Gasteiger partial charge in [0.1, 0.15) is 5.82 Å². The molecule has 16 heavy (non-hydrogen) atoms. The van der Waals surface area contributed by atoms with Crippen molar-refractivity contribution in [2.24, 2.45) is 5.92 Å². The Morgan fingerprint density at radius 3 is 2.62 bits per heavy atom. The predicted octanol–water partition coefficient (Wildman–Crippen LogP) is 2.60. The van der Waals surface area contributed by atoms with Crippen molar-refractivity contribution in [2.45, 2.75) is 19.9 Å². The van der Waals surface area contributed by atoms with E-state index in [9.17, 15) is 9.50 Å². The fourth-order valence-corrected chi connectivity index (χ4v) is 1.65. The zero-order valence-electron chi connectivity index (χ0n) is 9.30. The average molecular weight is 291 g/mol. The number of nitrogens with one attached hydrogen (secondary N) is 1. The van der Waals surface area contributed by atoms with Crippen molar-refractivity contribution in [3.05, 3.63) is 22.4 Å². The molecule has 0 fully saturated rings. The molecule has 0 aromatic heterocycles. The maximum atomic E-state index is 13.1. The second kappa shape index (κ2) is 5.50. The van der Waals surface area contributed by atoms with Crippen LogP contribution in [0.5, 0.6) is 0 Å². The van der Waals surface area contributed by atoms with Gasteiger partial charge in [-0.15, -0.1) is 0 Å². The van der Waals surface area contributed by atoms with Crippen LogP contribution in [0, 0.1) is 11.7 Å². The number of nitrogen functional groups attached to an aromatic ring is 1. The molecule has 0 aliphatic heterocycles. The minimum absolute atomic E-state index is 0.00605. The van der Waals surface area contributed by atoms with Gasteiger partial charge in [-0.2, -0.15) is 0 Å². The standard InChI is InChI=1S/C11H16BrFN2O/c1-6(2)11(5-16)15-10-3-7(12)8(13)4-9(10)14/h3-4,6,11,15-16H,5,14H2,1-2H3/t11-/m1/s1. The maximum Gasteiger partial charge on any atom is 0.139 e. The molecule has 0 spiro atoms. The van der Waals surface area contributed by atoms with Crippen LogP contribution in [0.4, 0.5) is 15.8 Å². The van der Waals surface area contributed by atoms with E-state index >= 15 is 0 Å².